The summed E-state index contributed by atoms with van der Waals surface area (Å²) in [6.45, 7) is 4.37. The Morgan fingerprint density at radius 1 is 0.617 bits per heavy atom. The number of rotatable bonds is 34. The summed E-state index contributed by atoms with van der Waals surface area (Å²) in [6, 6.07) is -1.23. The number of aliphatic hydroxyl groups excluding tert-OH is 2. The van der Waals surface area contributed by atoms with E-state index in [1.165, 1.54) is 109 Å². The van der Waals surface area contributed by atoms with E-state index >= 15 is 0 Å². The molecule has 47 heavy (non-hydrogen) atoms. The van der Waals surface area contributed by atoms with Crippen molar-refractivity contribution in [3.05, 3.63) is 36.5 Å². The van der Waals surface area contributed by atoms with Crippen molar-refractivity contribution in [1.82, 2.24) is 5.32 Å². The molecule has 8 heteroatoms. The van der Waals surface area contributed by atoms with Gasteiger partial charge < -0.3 is 15.5 Å². The van der Waals surface area contributed by atoms with E-state index in [-0.39, 0.29) is 6.42 Å². The Hall–Kier alpha value is -1.48. The molecule has 0 aromatic rings. The number of hydrogen-bond donors (Lipinski definition) is 4. The Labute approximate surface area is 289 Å². The van der Waals surface area contributed by atoms with Gasteiger partial charge in [-0.2, -0.15) is 8.42 Å². The number of carbonyl (C=O) groups excluding carboxylic acids is 1. The number of aliphatic hydroxyl groups is 2. The van der Waals surface area contributed by atoms with Crippen LogP contribution < -0.4 is 5.32 Å². The van der Waals surface area contributed by atoms with E-state index in [0.29, 0.717) is 6.42 Å². The average Bonchev–Trinajstić information content (AvgIpc) is 3.03. The maximum absolute atomic E-state index is 12.5. The molecule has 0 bridgehead atoms. The molecule has 0 aliphatic heterocycles. The molecule has 7 nitrogen and oxygen atoms in total. The third-order valence-corrected chi connectivity index (χ3v) is 9.46. The molecule has 3 atom stereocenters. The van der Waals surface area contributed by atoms with E-state index < -0.39 is 40.0 Å². The standard InChI is InChI=1S/C39H73NO6S/c1-3-5-7-9-11-13-15-16-17-18-19-20-21-22-23-24-26-28-30-32-34-38(42)39(43)40-36(35-47(44,45)46)37(41)33-31-29-27-25-14-12-10-8-6-4-2/h5,7,11,13,31,33,36-38,41-42H,3-4,6,8-10,12,14-30,32,34-35H2,1-2H3,(H,40,43)(H,44,45,46)/b7-5-,13-11-,33-31+. The highest BCUT2D eigenvalue weighted by Gasteiger charge is 2.27. The lowest BCUT2D eigenvalue weighted by atomic mass is 10.0. The maximum Gasteiger partial charge on any atom is 0.267 e. The summed E-state index contributed by atoms with van der Waals surface area (Å²) < 4.78 is 32.4. The van der Waals surface area contributed by atoms with Crippen molar-refractivity contribution in [3.8, 4) is 0 Å². The molecular formula is C39H73NO6S. The molecule has 0 aromatic carbocycles. The third kappa shape index (κ3) is 32.8. The molecular weight excluding hydrogens is 610 g/mol. The first-order chi connectivity index (χ1) is 22.7. The Morgan fingerprint density at radius 3 is 1.55 bits per heavy atom. The Bertz CT molecular complexity index is 901. The normalized spacial score (nSPS) is 14.4. The van der Waals surface area contributed by atoms with Crippen molar-refractivity contribution in [2.45, 2.75) is 199 Å². The maximum atomic E-state index is 12.5. The van der Waals surface area contributed by atoms with Crippen molar-refractivity contribution in [2.75, 3.05) is 5.75 Å². The lowest BCUT2D eigenvalue weighted by Gasteiger charge is -2.22. The lowest BCUT2D eigenvalue weighted by molar-refractivity contribution is -0.130. The first-order valence-corrected chi connectivity index (χ1v) is 20.9. The van der Waals surface area contributed by atoms with Gasteiger partial charge in [0.2, 0.25) is 5.91 Å². The molecule has 0 heterocycles. The lowest BCUT2D eigenvalue weighted by Crippen LogP contribution is -2.50. The molecule has 0 aliphatic carbocycles. The van der Waals surface area contributed by atoms with Gasteiger partial charge >= 0.3 is 0 Å². The second-order valence-electron chi connectivity index (χ2n) is 13.3. The van der Waals surface area contributed by atoms with Crippen molar-refractivity contribution in [2.24, 2.45) is 0 Å². The SMILES string of the molecule is CC/C=C\C/C=C\CCCCCCCCCCCCCCCC(O)C(=O)NC(CS(=O)(=O)O)C(O)/C=C/CCCCCCCCCC. The number of nitrogens with one attached hydrogen (secondary N) is 1. The molecule has 0 aliphatic rings. The molecule has 0 fully saturated rings. The van der Waals surface area contributed by atoms with Gasteiger partial charge in [-0.05, 0) is 44.9 Å². The van der Waals surface area contributed by atoms with Crippen molar-refractivity contribution in [1.29, 1.82) is 0 Å². The molecule has 0 radical (unpaired) electrons. The zero-order valence-electron chi connectivity index (χ0n) is 30.3. The van der Waals surface area contributed by atoms with Crippen LogP contribution in [0.2, 0.25) is 0 Å². The largest absolute Gasteiger partial charge is 0.387 e. The van der Waals surface area contributed by atoms with Crippen LogP contribution in [0.25, 0.3) is 0 Å². The minimum atomic E-state index is -4.43. The Kier molecular flexibility index (Phi) is 32.0. The van der Waals surface area contributed by atoms with Gasteiger partial charge in [0.25, 0.3) is 10.1 Å². The number of carbonyl (C=O) groups is 1. The van der Waals surface area contributed by atoms with Crippen molar-refractivity contribution >= 4 is 16.0 Å². The second kappa shape index (κ2) is 33.0. The molecule has 1 amide bonds. The van der Waals surface area contributed by atoms with E-state index in [0.717, 1.165) is 51.4 Å². The molecule has 0 rings (SSSR count). The van der Waals surface area contributed by atoms with Crippen LogP contribution in [-0.4, -0.2) is 53.1 Å². The third-order valence-electron chi connectivity index (χ3n) is 8.68. The van der Waals surface area contributed by atoms with Gasteiger partial charge in [0.15, 0.2) is 0 Å². The van der Waals surface area contributed by atoms with E-state index in [4.69, 9.17) is 0 Å². The van der Waals surface area contributed by atoms with Crippen molar-refractivity contribution in [3.63, 3.8) is 0 Å². The molecule has 4 N–H and O–H groups in total. The van der Waals surface area contributed by atoms with Crippen LogP contribution in [0.5, 0.6) is 0 Å². The summed E-state index contributed by atoms with van der Waals surface area (Å²) >= 11 is 0. The molecule has 0 saturated carbocycles. The predicted molar refractivity (Wildman–Crippen MR) is 199 cm³/mol. The number of amides is 1. The fourth-order valence-electron chi connectivity index (χ4n) is 5.73. The minimum absolute atomic E-state index is 0.279. The second-order valence-corrected chi connectivity index (χ2v) is 14.8. The predicted octanol–water partition coefficient (Wildman–Crippen LogP) is 9.93. The van der Waals surface area contributed by atoms with Crippen molar-refractivity contribution < 1.29 is 28.0 Å². The van der Waals surface area contributed by atoms with Gasteiger partial charge in [0.1, 0.15) is 6.10 Å². The summed E-state index contributed by atoms with van der Waals surface area (Å²) in [6.07, 6.45) is 39.2. The topological polar surface area (TPSA) is 124 Å². The summed E-state index contributed by atoms with van der Waals surface area (Å²) in [5.41, 5.74) is 0. The van der Waals surface area contributed by atoms with Crippen LogP contribution in [0.4, 0.5) is 0 Å². The highest BCUT2D eigenvalue weighted by molar-refractivity contribution is 7.85. The molecule has 0 spiro atoms. The van der Waals surface area contributed by atoms with E-state index in [1.807, 2.05) is 0 Å². The highest BCUT2D eigenvalue weighted by atomic mass is 32.2. The smallest absolute Gasteiger partial charge is 0.267 e. The molecule has 3 unspecified atom stereocenters. The summed E-state index contributed by atoms with van der Waals surface area (Å²) in [5.74, 6) is -1.54. The van der Waals surface area contributed by atoms with Crippen LogP contribution >= 0.6 is 0 Å². The summed E-state index contributed by atoms with van der Waals surface area (Å²) in [4.78, 5) is 12.5. The van der Waals surface area contributed by atoms with E-state index in [9.17, 15) is 28.0 Å². The summed E-state index contributed by atoms with van der Waals surface area (Å²) in [7, 11) is -4.43. The van der Waals surface area contributed by atoms with E-state index in [2.05, 4.69) is 43.5 Å². The van der Waals surface area contributed by atoms with Gasteiger partial charge in [-0.15, -0.1) is 0 Å². The Morgan fingerprint density at radius 2 is 1.06 bits per heavy atom. The van der Waals surface area contributed by atoms with Gasteiger partial charge in [0, 0.05) is 0 Å². The quantitative estimate of drug-likeness (QED) is 0.0304. The van der Waals surface area contributed by atoms with Gasteiger partial charge in [-0.3, -0.25) is 9.35 Å². The minimum Gasteiger partial charge on any atom is -0.387 e. The number of unbranched alkanes of at least 4 members (excludes halogenated alkanes) is 21. The zero-order chi connectivity index (χ0) is 34.9. The molecule has 0 saturated heterocycles. The average molecular weight is 684 g/mol. The van der Waals surface area contributed by atoms with Crippen LogP contribution in [0.3, 0.4) is 0 Å². The molecule has 0 aromatic heterocycles. The van der Waals surface area contributed by atoms with Gasteiger partial charge in [0.05, 0.1) is 17.9 Å². The fourth-order valence-corrected chi connectivity index (χ4v) is 6.46. The number of hydrogen-bond acceptors (Lipinski definition) is 5. The first-order valence-electron chi connectivity index (χ1n) is 19.3. The summed E-state index contributed by atoms with van der Waals surface area (Å²) in [5, 5.41) is 23.3. The Balaban J connectivity index is 3.97. The monoisotopic (exact) mass is 684 g/mol. The van der Waals surface area contributed by atoms with Crippen LogP contribution in [-0.2, 0) is 14.9 Å². The van der Waals surface area contributed by atoms with Crippen LogP contribution in [0.1, 0.15) is 181 Å². The zero-order valence-corrected chi connectivity index (χ0v) is 31.1. The van der Waals surface area contributed by atoms with Gasteiger partial charge in [-0.25, -0.2) is 0 Å². The van der Waals surface area contributed by atoms with E-state index in [1.54, 1.807) is 6.08 Å². The highest BCUT2D eigenvalue weighted by Crippen LogP contribution is 2.15. The van der Waals surface area contributed by atoms with Crippen LogP contribution in [0.15, 0.2) is 36.5 Å². The first kappa shape index (κ1) is 45.5. The number of allylic oxidation sites excluding steroid dienone is 5. The fraction of sp³-hybridized carbons (Fsp3) is 0.821. The molecule has 276 valence electrons. The van der Waals surface area contributed by atoms with Crippen LogP contribution in [0, 0.1) is 0 Å². The van der Waals surface area contributed by atoms with Gasteiger partial charge in [-0.1, -0.05) is 172 Å².